The molecule has 4 N–H and O–H groups in total. The van der Waals surface area contributed by atoms with Crippen molar-refractivity contribution in [1.29, 1.82) is 0 Å². The second-order valence-electron chi connectivity index (χ2n) is 6.27. The van der Waals surface area contributed by atoms with Crippen LogP contribution in [0, 0.1) is 0 Å². The van der Waals surface area contributed by atoms with Crippen molar-refractivity contribution in [2.75, 3.05) is 6.54 Å². The van der Waals surface area contributed by atoms with Gasteiger partial charge in [-0.25, -0.2) is 4.98 Å². The maximum Gasteiger partial charge on any atom is 0.424 e. The number of benzene rings is 1. The molecule has 28 heavy (non-hydrogen) atoms. The molecule has 2 unspecified atom stereocenters. The van der Waals surface area contributed by atoms with Crippen molar-refractivity contribution in [2.24, 2.45) is 17.8 Å². The summed E-state index contributed by atoms with van der Waals surface area (Å²) in [5.74, 6) is -0.592. The van der Waals surface area contributed by atoms with E-state index in [1.807, 2.05) is 0 Å². The third kappa shape index (κ3) is 4.89. The highest BCUT2D eigenvalue weighted by Gasteiger charge is 2.57. The van der Waals surface area contributed by atoms with Crippen molar-refractivity contribution < 1.29 is 18.3 Å². The summed E-state index contributed by atoms with van der Waals surface area (Å²) < 4.78 is 41.5. The van der Waals surface area contributed by atoms with Crippen LogP contribution in [-0.2, 0) is 12.6 Å². The Balaban J connectivity index is 2.08. The molecular weight excluding hydrogens is 418 g/mol. The molecule has 0 spiro atoms. The quantitative estimate of drug-likeness (QED) is 0.476. The number of halogens is 5. The maximum atomic E-state index is 13.5. The molecule has 0 aliphatic heterocycles. The fourth-order valence-electron chi connectivity index (χ4n) is 2.68. The second kappa shape index (κ2) is 8.59. The molecule has 0 saturated carbocycles. The summed E-state index contributed by atoms with van der Waals surface area (Å²) in [5, 5.41) is 14.0. The van der Waals surface area contributed by atoms with Crippen molar-refractivity contribution in [3.05, 3.63) is 52.0 Å². The van der Waals surface area contributed by atoms with Crippen LogP contribution in [0.15, 0.2) is 35.6 Å². The van der Waals surface area contributed by atoms with Gasteiger partial charge in [0.2, 0.25) is 5.60 Å². The van der Waals surface area contributed by atoms with E-state index >= 15 is 0 Å². The van der Waals surface area contributed by atoms with Gasteiger partial charge in [-0.3, -0.25) is 4.99 Å². The second-order valence-corrected chi connectivity index (χ2v) is 7.11. The van der Waals surface area contributed by atoms with Gasteiger partial charge in [0.25, 0.3) is 0 Å². The topological polar surface area (TPSA) is 88.5 Å². The summed E-state index contributed by atoms with van der Waals surface area (Å²) in [4.78, 5) is 7.52. The number of aliphatic imine (C=N–C) groups is 1. The Morgan fingerprint density at radius 1 is 1.39 bits per heavy atom. The fourth-order valence-corrected chi connectivity index (χ4v) is 3.25. The van der Waals surface area contributed by atoms with Crippen LogP contribution < -0.4 is 11.1 Å². The van der Waals surface area contributed by atoms with Crippen LogP contribution in [0.25, 0.3) is 0 Å². The van der Waals surface area contributed by atoms with Gasteiger partial charge in [-0.15, -0.1) is 0 Å². The van der Waals surface area contributed by atoms with E-state index in [2.05, 4.69) is 15.3 Å². The van der Waals surface area contributed by atoms with Crippen molar-refractivity contribution in [2.45, 2.75) is 31.2 Å². The minimum absolute atomic E-state index is 0.0807. The van der Waals surface area contributed by atoms with Crippen LogP contribution in [0.5, 0.6) is 0 Å². The van der Waals surface area contributed by atoms with Crippen LogP contribution >= 0.6 is 23.2 Å². The lowest BCUT2D eigenvalue weighted by Crippen LogP contribution is -2.45. The number of nitrogens with one attached hydrogen (secondary N) is 1. The molecular formula is C17H20Cl2F3N5O. The van der Waals surface area contributed by atoms with Gasteiger partial charge in [0.1, 0.15) is 5.82 Å². The minimum atomic E-state index is -4.92. The summed E-state index contributed by atoms with van der Waals surface area (Å²) in [6.07, 6.45) is -3.15. The monoisotopic (exact) mass is 437 g/mol. The van der Waals surface area contributed by atoms with Crippen molar-refractivity contribution in [1.82, 2.24) is 14.9 Å². The molecule has 154 valence electrons. The molecule has 0 bridgehead atoms. The maximum absolute atomic E-state index is 13.5. The number of aliphatic hydroxyl groups is 1. The molecule has 2 atom stereocenters. The number of aromatic nitrogens is 2. The Morgan fingerprint density at radius 2 is 2.07 bits per heavy atom. The summed E-state index contributed by atoms with van der Waals surface area (Å²) in [6.45, 7) is 1.39. The van der Waals surface area contributed by atoms with E-state index in [4.69, 9.17) is 28.9 Å². The number of guanidine groups is 1. The molecule has 2 rings (SSSR count). The zero-order chi connectivity index (χ0) is 21.1. The number of hydrogen-bond donors (Lipinski definition) is 3. The lowest BCUT2D eigenvalue weighted by molar-refractivity contribution is -0.272. The molecule has 0 fully saturated rings. The largest absolute Gasteiger partial charge is 0.424 e. The molecule has 1 aromatic carbocycles. The summed E-state index contributed by atoms with van der Waals surface area (Å²) >= 11 is 12.0. The smallest absolute Gasteiger partial charge is 0.374 e. The number of aryl methyl sites for hydroxylation is 1. The van der Waals surface area contributed by atoms with E-state index in [9.17, 15) is 18.3 Å². The summed E-state index contributed by atoms with van der Waals surface area (Å²) in [7, 11) is 1.37. The van der Waals surface area contributed by atoms with Crippen LogP contribution in [0.3, 0.4) is 0 Å². The number of nitrogens with zero attached hydrogens (tertiary/aromatic N) is 3. The molecule has 0 aliphatic rings. The van der Waals surface area contributed by atoms with E-state index < -0.39 is 24.0 Å². The minimum Gasteiger partial charge on any atom is -0.374 e. The molecule has 1 aromatic heterocycles. The highest BCUT2D eigenvalue weighted by Crippen LogP contribution is 2.40. The highest BCUT2D eigenvalue weighted by atomic mass is 35.5. The van der Waals surface area contributed by atoms with Gasteiger partial charge in [0, 0.05) is 42.5 Å². The van der Waals surface area contributed by atoms with Crippen LogP contribution in [0.1, 0.15) is 30.8 Å². The number of hydrogen-bond acceptors (Lipinski definition) is 3. The zero-order valence-electron chi connectivity index (χ0n) is 15.1. The molecule has 0 aliphatic carbocycles. The van der Waals surface area contributed by atoms with Crippen molar-refractivity contribution in [3.63, 3.8) is 0 Å². The lowest BCUT2D eigenvalue weighted by Gasteiger charge is -2.29. The first-order valence-electron chi connectivity index (χ1n) is 8.24. The molecule has 6 nitrogen and oxygen atoms in total. The predicted molar refractivity (Wildman–Crippen MR) is 102 cm³/mol. The predicted octanol–water partition coefficient (Wildman–Crippen LogP) is 3.53. The van der Waals surface area contributed by atoms with E-state index in [1.165, 1.54) is 19.4 Å². The van der Waals surface area contributed by atoms with E-state index in [-0.39, 0.29) is 18.5 Å². The van der Waals surface area contributed by atoms with E-state index in [0.29, 0.717) is 15.6 Å². The molecule has 0 radical (unpaired) electrons. The number of rotatable bonds is 6. The van der Waals surface area contributed by atoms with Crippen molar-refractivity contribution >= 4 is 29.2 Å². The third-order valence-corrected chi connectivity index (χ3v) is 4.77. The Labute approximate surface area is 170 Å². The Bertz CT molecular complexity index is 856. The van der Waals surface area contributed by atoms with Gasteiger partial charge in [-0.05, 0) is 24.6 Å². The molecule has 0 saturated heterocycles. The Kier molecular flexibility index (Phi) is 6.84. The first kappa shape index (κ1) is 22.3. The fraction of sp³-hybridized carbons (Fsp3) is 0.412. The van der Waals surface area contributed by atoms with Crippen LogP contribution in [0.2, 0.25) is 10.0 Å². The summed E-state index contributed by atoms with van der Waals surface area (Å²) in [6, 6.07) is 4.58. The lowest BCUT2D eigenvalue weighted by atomic mass is 9.98. The number of imidazole rings is 1. The first-order chi connectivity index (χ1) is 13.0. The Morgan fingerprint density at radius 3 is 2.61 bits per heavy atom. The molecule has 1 heterocycles. The average molecular weight is 438 g/mol. The van der Waals surface area contributed by atoms with Gasteiger partial charge in [-0.2, -0.15) is 13.2 Å². The third-order valence-electron chi connectivity index (χ3n) is 4.21. The van der Waals surface area contributed by atoms with E-state index in [0.717, 1.165) is 4.57 Å². The van der Waals surface area contributed by atoms with Crippen LogP contribution in [0.4, 0.5) is 13.2 Å². The van der Waals surface area contributed by atoms with Gasteiger partial charge < -0.3 is 20.7 Å². The van der Waals surface area contributed by atoms with Gasteiger partial charge >= 0.3 is 6.18 Å². The molecule has 0 amide bonds. The SMILES string of the molecule is CC(NC(N)=NCCC(O)(c1nccn1C)C(F)(F)F)c1ccc(Cl)cc1Cl. The highest BCUT2D eigenvalue weighted by molar-refractivity contribution is 6.35. The standard InChI is InChI=1S/C17H20Cl2F3N5O/c1-10(12-4-3-11(18)9-13(12)19)26-15(23)25-6-5-16(28,17(20,21)22)14-24-7-8-27(14)2/h3-4,7-10,28H,5-6H2,1-2H3,(H3,23,25,26). The number of alkyl halides is 3. The first-order valence-corrected chi connectivity index (χ1v) is 8.99. The normalized spacial score (nSPS) is 15.9. The number of nitrogens with two attached hydrogens (primary N) is 1. The van der Waals surface area contributed by atoms with Gasteiger partial charge in [-0.1, -0.05) is 29.3 Å². The Hall–Kier alpha value is -1.97. The molecule has 2 aromatic rings. The van der Waals surface area contributed by atoms with Crippen LogP contribution in [-0.4, -0.2) is 33.3 Å². The van der Waals surface area contributed by atoms with E-state index in [1.54, 1.807) is 25.1 Å². The summed E-state index contributed by atoms with van der Waals surface area (Å²) in [5.41, 5.74) is 3.32. The average Bonchev–Trinajstić information content (AvgIpc) is 2.99. The zero-order valence-corrected chi connectivity index (χ0v) is 16.6. The molecule has 11 heteroatoms. The van der Waals surface area contributed by atoms with Crippen molar-refractivity contribution in [3.8, 4) is 0 Å². The van der Waals surface area contributed by atoms with Gasteiger partial charge in [0.15, 0.2) is 5.96 Å². The van der Waals surface area contributed by atoms with Gasteiger partial charge in [0.05, 0.1) is 6.04 Å².